The van der Waals surface area contributed by atoms with Gasteiger partial charge in [-0.3, -0.25) is 0 Å². The number of aliphatic hydroxyl groups is 1. The van der Waals surface area contributed by atoms with Crippen molar-refractivity contribution in [3.05, 3.63) is 32.9 Å². The highest BCUT2D eigenvalue weighted by Gasteiger charge is 2.71. The molecule has 102 valence electrons. The fourth-order valence-electron chi connectivity index (χ4n) is 1.38. The van der Waals surface area contributed by atoms with Crippen molar-refractivity contribution in [2.45, 2.75) is 24.9 Å². The van der Waals surface area contributed by atoms with Crippen molar-refractivity contribution in [3.63, 3.8) is 0 Å². The smallest absolute Gasteiger partial charge is 0.369 e. The van der Waals surface area contributed by atoms with E-state index in [-0.39, 0.29) is 9.13 Å². The van der Waals surface area contributed by atoms with Crippen molar-refractivity contribution in [1.82, 2.24) is 0 Å². The van der Waals surface area contributed by atoms with Crippen LogP contribution in [-0.4, -0.2) is 17.5 Å². The summed E-state index contributed by atoms with van der Waals surface area (Å²) >= 11 is 1.32. The highest BCUT2D eigenvalue weighted by Crippen LogP contribution is 2.51. The normalized spacial score (nSPS) is 13.8. The van der Waals surface area contributed by atoms with Crippen molar-refractivity contribution >= 4 is 22.6 Å². The summed E-state index contributed by atoms with van der Waals surface area (Å²) in [5.74, 6) is 0. The minimum atomic E-state index is -5.85. The van der Waals surface area contributed by atoms with Crippen LogP contribution in [0.5, 0.6) is 0 Å². The fourth-order valence-corrected chi connectivity index (χ4v) is 2.11. The summed E-state index contributed by atoms with van der Waals surface area (Å²) in [5, 5.41) is 9.21. The van der Waals surface area contributed by atoms with Crippen molar-refractivity contribution < 1.29 is 31.4 Å². The summed E-state index contributed by atoms with van der Waals surface area (Å²) in [5.41, 5.74) is -5.87. The summed E-state index contributed by atoms with van der Waals surface area (Å²) in [6.07, 6.45) is -11.7. The number of aryl methyl sites for hydroxylation is 1. The Hall–Kier alpha value is -0.510. The molecular weight excluding hydrogens is 375 g/mol. The van der Waals surface area contributed by atoms with Crippen LogP contribution in [-0.2, 0) is 5.60 Å². The molecule has 0 unspecified atom stereocenters. The predicted octanol–water partition coefficient (Wildman–Crippen LogP) is 3.91. The Labute approximate surface area is 112 Å². The summed E-state index contributed by atoms with van der Waals surface area (Å²) in [7, 11) is 0. The Balaban J connectivity index is 3.61. The summed E-state index contributed by atoms with van der Waals surface area (Å²) in [6, 6.07) is 3.13. The Morgan fingerprint density at radius 1 is 1.00 bits per heavy atom. The van der Waals surface area contributed by atoms with Crippen molar-refractivity contribution in [2.75, 3.05) is 0 Å². The molecule has 8 heteroatoms. The SMILES string of the molecule is Cc1ccc([125I])c(C(O)(C(F)(F)F)C(F)(F)F)c1. The van der Waals surface area contributed by atoms with E-state index in [0.717, 1.165) is 6.07 Å². The molecule has 0 amide bonds. The van der Waals surface area contributed by atoms with Crippen LogP contribution in [0.3, 0.4) is 0 Å². The van der Waals surface area contributed by atoms with Gasteiger partial charge in [-0.05, 0) is 35.6 Å². The van der Waals surface area contributed by atoms with Gasteiger partial charge in [0.25, 0.3) is 5.60 Å². The molecule has 0 aliphatic heterocycles. The molecule has 1 aromatic rings. The van der Waals surface area contributed by atoms with Gasteiger partial charge in [-0.2, -0.15) is 26.3 Å². The molecule has 0 radical (unpaired) electrons. The molecule has 1 aromatic carbocycles. The highest BCUT2D eigenvalue weighted by molar-refractivity contribution is 14.1. The molecule has 0 atom stereocenters. The van der Waals surface area contributed by atoms with Gasteiger partial charge in [0.15, 0.2) is 0 Å². The molecule has 1 rings (SSSR count). The first kappa shape index (κ1) is 15.5. The standard InChI is InChI=1S/C10H7F6IO/c1-5-2-3-7(17)6(4-5)8(18,9(11,12)13)10(14,15)16/h2-4,18H,1H3/i17-2. The van der Waals surface area contributed by atoms with Gasteiger partial charge in [0.2, 0.25) is 0 Å². The number of hydrogen-bond donors (Lipinski definition) is 1. The van der Waals surface area contributed by atoms with Crippen LogP contribution in [0.15, 0.2) is 18.2 Å². The van der Waals surface area contributed by atoms with Gasteiger partial charge in [0.1, 0.15) is 0 Å². The zero-order valence-corrected chi connectivity index (χ0v) is 11.0. The first-order chi connectivity index (χ1) is 7.91. The maximum absolute atomic E-state index is 12.6. The van der Waals surface area contributed by atoms with Gasteiger partial charge < -0.3 is 5.11 Å². The number of alkyl halides is 6. The second kappa shape index (κ2) is 4.55. The van der Waals surface area contributed by atoms with E-state index in [0.29, 0.717) is 6.07 Å². The van der Waals surface area contributed by atoms with E-state index in [1.54, 1.807) is 0 Å². The van der Waals surface area contributed by atoms with Crippen molar-refractivity contribution in [3.8, 4) is 0 Å². The molecule has 0 saturated carbocycles. The number of hydrogen-bond acceptors (Lipinski definition) is 1. The van der Waals surface area contributed by atoms with Gasteiger partial charge in [-0.1, -0.05) is 17.7 Å². The van der Waals surface area contributed by atoms with E-state index in [1.165, 1.54) is 35.6 Å². The lowest BCUT2D eigenvalue weighted by molar-refractivity contribution is -0.376. The number of halogens is 7. The third-order valence-corrected chi connectivity index (χ3v) is 3.27. The Morgan fingerprint density at radius 2 is 1.44 bits per heavy atom. The molecule has 0 bridgehead atoms. The van der Waals surface area contributed by atoms with Gasteiger partial charge in [0.05, 0.1) is 0 Å². The van der Waals surface area contributed by atoms with Crippen LogP contribution in [0.2, 0.25) is 0 Å². The first-order valence-electron chi connectivity index (χ1n) is 4.53. The molecule has 18 heavy (non-hydrogen) atoms. The van der Waals surface area contributed by atoms with E-state index < -0.39 is 23.5 Å². The first-order valence-corrected chi connectivity index (χ1v) is 5.61. The van der Waals surface area contributed by atoms with Gasteiger partial charge in [-0.25, -0.2) is 0 Å². The molecular formula is C10H7F6IO. The van der Waals surface area contributed by atoms with Crippen LogP contribution in [0.4, 0.5) is 26.3 Å². The van der Waals surface area contributed by atoms with E-state index in [4.69, 9.17) is 0 Å². The molecule has 0 fully saturated rings. The second-order valence-electron chi connectivity index (χ2n) is 3.69. The Kier molecular flexibility index (Phi) is 3.93. The van der Waals surface area contributed by atoms with Crippen LogP contribution in [0.1, 0.15) is 11.1 Å². The average Bonchev–Trinajstić information content (AvgIpc) is 2.17. The predicted molar refractivity (Wildman–Crippen MR) is 59.9 cm³/mol. The maximum atomic E-state index is 12.6. The van der Waals surface area contributed by atoms with Crippen LogP contribution >= 0.6 is 22.6 Å². The lowest BCUT2D eigenvalue weighted by Crippen LogP contribution is -2.54. The third-order valence-electron chi connectivity index (χ3n) is 2.33. The third kappa shape index (κ3) is 2.44. The molecule has 0 aliphatic carbocycles. The largest absolute Gasteiger partial charge is 0.430 e. The molecule has 0 saturated heterocycles. The Morgan fingerprint density at radius 3 is 1.83 bits per heavy atom. The van der Waals surface area contributed by atoms with Crippen LogP contribution in [0, 0.1) is 10.5 Å². The van der Waals surface area contributed by atoms with Crippen molar-refractivity contribution in [1.29, 1.82) is 0 Å². The Bertz CT molecular complexity index is 437. The molecule has 1 nitrogen and oxygen atoms in total. The molecule has 0 heterocycles. The quantitative estimate of drug-likeness (QED) is 0.577. The fraction of sp³-hybridized carbons (Fsp3) is 0.400. The lowest BCUT2D eigenvalue weighted by atomic mass is 9.91. The number of benzene rings is 1. The second-order valence-corrected chi connectivity index (χ2v) is 4.85. The average molecular weight is 382 g/mol. The van der Waals surface area contributed by atoms with Gasteiger partial charge in [-0.15, -0.1) is 0 Å². The van der Waals surface area contributed by atoms with Crippen LogP contribution in [0.25, 0.3) is 0 Å². The molecule has 0 aromatic heterocycles. The molecule has 0 aliphatic rings. The van der Waals surface area contributed by atoms with Gasteiger partial charge in [0, 0.05) is 9.13 Å². The van der Waals surface area contributed by atoms with Crippen molar-refractivity contribution in [2.24, 2.45) is 0 Å². The highest BCUT2D eigenvalue weighted by atomic mass is 125. The zero-order valence-electron chi connectivity index (χ0n) is 8.83. The molecule has 0 spiro atoms. The lowest BCUT2D eigenvalue weighted by Gasteiger charge is -2.33. The van der Waals surface area contributed by atoms with E-state index in [9.17, 15) is 31.4 Å². The van der Waals surface area contributed by atoms with E-state index >= 15 is 0 Å². The summed E-state index contributed by atoms with van der Waals surface area (Å²) in [4.78, 5) is 0. The van der Waals surface area contributed by atoms with Crippen LogP contribution < -0.4 is 0 Å². The summed E-state index contributed by atoms with van der Waals surface area (Å²) < 4.78 is 75.4. The topological polar surface area (TPSA) is 20.2 Å². The number of rotatable bonds is 1. The minimum absolute atomic E-state index is 0.192. The minimum Gasteiger partial charge on any atom is -0.369 e. The van der Waals surface area contributed by atoms with E-state index in [1.807, 2.05) is 0 Å². The molecule has 1 N–H and O–H groups in total. The monoisotopic (exact) mass is 382 g/mol. The van der Waals surface area contributed by atoms with Gasteiger partial charge >= 0.3 is 12.4 Å². The maximum Gasteiger partial charge on any atom is 0.430 e. The summed E-state index contributed by atoms with van der Waals surface area (Å²) in [6.45, 7) is 1.34. The zero-order chi connectivity index (χ0) is 14.4. The van der Waals surface area contributed by atoms with E-state index in [2.05, 4.69) is 0 Å².